The molecule has 3 heteroatoms. The van der Waals surface area contributed by atoms with Gasteiger partial charge in [-0.25, -0.2) is 4.98 Å². The maximum absolute atomic E-state index is 4.22. The number of hydrogen-bond acceptors (Lipinski definition) is 2. The molecule has 0 radical (unpaired) electrons. The van der Waals surface area contributed by atoms with Gasteiger partial charge in [0.05, 0.1) is 12.0 Å². The Bertz CT molecular complexity index is 473. The summed E-state index contributed by atoms with van der Waals surface area (Å²) in [7, 11) is 0. The largest absolute Gasteiger partial charge is 0.331 e. The van der Waals surface area contributed by atoms with Crippen LogP contribution in [0, 0.1) is 0 Å². The second kappa shape index (κ2) is 5.83. The van der Waals surface area contributed by atoms with Crippen molar-refractivity contribution in [1.82, 2.24) is 14.9 Å². The molecular formula is C15H21N3. The van der Waals surface area contributed by atoms with E-state index in [2.05, 4.69) is 59.9 Å². The zero-order valence-corrected chi connectivity index (χ0v) is 11.3. The molecule has 1 heterocycles. The lowest BCUT2D eigenvalue weighted by atomic mass is 10.1. The van der Waals surface area contributed by atoms with Crippen molar-refractivity contribution < 1.29 is 0 Å². The van der Waals surface area contributed by atoms with Crippen LogP contribution in [0.15, 0.2) is 42.9 Å². The number of benzene rings is 1. The van der Waals surface area contributed by atoms with Gasteiger partial charge in [0, 0.05) is 24.8 Å². The molecule has 0 aliphatic carbocycles. The number of nitrogens with one attached hydrogen (secondary N) is 1. The van der Waals surface area contributed by atoms with E-state index in [1.807, 2.05) is 18.6 Å². The molecule has 3 nitrogen and oxygen atoms in total. The van der Waals surface area contributed by atoms with Crippen molar-refractivity contribution in [2.24, 2.45) is 0 Å². The van der Waals surface area contributed by atoms with Crippen molar-refractivity contribution in [2.75, 3.05) is 0 Å². The van der Waals surface area contributed by atoms with Crippen molar-refractivity contribution >= 4 is 0 Å². The number of hydrogen-bond donors (Lipinski definition) is 1. The number of aromatic nitrogens is 2. The van der Waals surface area contributed by atoms with E-state index in [1.165, 1.54) is 11.3 Å². The van der Waals surface area contributed by atoms with Gasteiger partial charge in [0.15, 0.2) is 0 Å². The predicted octanol–water partition coefficient (Wildman–Crippen LogP) is 3.31. The molecule has 0 fully saturated rings. The SMILES string of the molecule is CC(NCc1cncn1C(C)C)c1ccccc1. The van der Waals surface area contributed by atoms with Gasteiger partial charge in [-0.15, -0.1) is 0 Å². The van der Waals surface area contributed by atoms with Crippen molar-refractivity contribution in [1.29, 1.82) is 0 Å². The molecule has 2 aromatic rings. The van der Waals surface area contributed by atoms with Gasteiger partial charge < -0.3 is 9.88 Å². The van der Waals surface area contributed by atoms with E-state index < -0.39 is 0 Å². The molecule has 0 saturated heterocycles. The summed E-state index contributed by atoms with van der Waals surface area (Å²) in [4.78, 5) is 4.22. The maximum atomic E-state index is 4.22. The van der Waals surface area contributed by atoms with Gasteiger partial charge in [0.2, 0.25) is 0 Å². The molecule has 1 aromatic carbocycles. The fourth-order valence-electron chi connectivity index (χ4n) is 2.05. The molecule has 2 rings (SSSR count). The van der Waals surface area contributed by atoms with E-state index >= 15 is 0 Å². The third kappa shape index (κ3) is 2.99. The van der Waals surface area contributed by atoms with Gasteiger partial charge in [0.25, 0.3) is 0 Å². The van der Waals surface area contributed by atoms with Gasteiger partial charge in [-0.05, 0) is 26.3 Å². The molecule has 1 N–H and O–H groups in total. The highest BCUT2D eigenvalue weighted by Crippen LogP contribution is 2.13. The Balaban J connectivity index is 1.97. The second-order valence-corrected chi connectivity index (χ2v) is 4.90. The van der Waals surface area contributed by atoms with E-state index in [1.54, 1.807) is 0 Å². The minimum Gasteiger partial charge on any atom is -0.331 e. The first-order chi connectivity index (χ1) is 8.68. The summed E-state index contributed by atoms with van der Waals surface area (Å²) in [6, 6.07) is 11.3. The van der Waals surface area contributed by atoms with Crippen LogP contribution in [-0.4, -0.2) is 9.55 Å². The number of nitrogens with zero attached hydrogens (tertiary/aromatic N) is 2. The van der Waals surface area contributed by atoms with Crippen molar-refractivity contribution in [3.05, 3.63) is 54.1 Å². The second-order valence-electron chi connectivity index (χ2n) is 4.90. The monoisotopic (exact) mass is 243 g/mol. The van der Waals surface area contributed by atoms with Gasteiger partial charge >= 0.3 is 0 Å². The van der Waals surface area contributed by atoms with Gasteiger partial charge in [-0.1, -0.05) is 30.3 Å². The lowest BCUT2D eigenvalue weighted by molar-refractivity contribution is 0.518. The van der Waals surface area contributed by atoms with E-state index in [0.29, 0.717) is 12.1 Å². The van der Waals surface area contributed by atoms with E-state index in [9.17, 15) is 0 Å². The van der Waals surface area contributed by atoms with Crippen molar-refractivity contribution in [3.63, 3.8) is 0 Å². The van der Waals surface area contributed by atoms with Crippen LogP contribution in [0.25, 0.3) is 0 Å². The molecular weight excluding hydrogens is 222 g/mol. The maximum Gasteiger partial charge on any atom is 0.0951 e. The lowest BCUT2D eigenvalue weighted by Crippen LogP contribution is -2.20. The van der Waals surface area contributed by atoms with Crippen LogP contribution < -0.4 is 5.32 Å². The Morgan fingerprint density at radius 2 is 1.89 bits per heavy atom. The first-order valence-electron chi connectivity index (χ1n) is 6.47. The molecule has 0 aliphatic heterocycles. The predicted molar refractivity (Wildman–Crippen MR) is 74.3 cm³/mol. The Hall–Kier alpha value is -1.61. The van der Waals surface area contributed by atoms with Crippen LogP contribution in [-0.2, 0) is 6.54 Å². The van der Waals surface area contributed by atoms with Gasteiger partial charge in [-0.2, -0.15) is 0 Å². The highest BCUT2D eigenvalue weighted by atomic mass is 15.1. The van der Waals surface area contributed by atoms with E-state index in [-0.39, 0.29) is 0 Å². The number of imidazole rings is 1. The quantitative estimate of drug-likeness (QED) is 0.873. The Labute approximate surface area is 109 Å². The van der Waals surface area contributed by atoms with Crippen molar-refractivity contribution in [3.8, 4) is 0 Å². The topological polar surface area (TPSA) is 29.9 Å². The molecule has 18 heavy (non-hydrogen) atoms. The molecule has 1 aromatic heterocycles. The molecule has 0 amide bonds. The Kier molecular flexibility index (Phi) is 4.15. The summed E-state index contributed by atoms with van der Waals surface area (Å²) in [6.45, 7) is 7.37. The van der Waals surface area contributed by atoms with Crippen LogP contribution in [0.2, 0.25) is 0 Å². The third-order valence-electron chi connectivity index (χ3n) is 3.19. The Morgan fingerprint density at radius 1 is 1.17 bits per heavy atom. The standard InChI is InChI=1S/C15H21N3/c1-12(2)18-11-16-9-15(18)10-17-13(3)14-7-5-4-6-8-14/h4-9,11-13,17H,10H2,1-3H3. The normalized spacial score (nSPS) is 12.9. The summed E-state index contributed by atoms with van der Waals surface area (Å²) in [6.07, 6.45) is 3.83. The minimum atomic E-state index is 0.349. The summed E-state index contributed by atoms with van der Waals surface area (Å²) in [5.74, 6) is 0. The summed E-state index contributed by atoms with van der Waals surface area (Å²) >= 11 is 0. The molecule has 1 unspecified atom stereocenters. The zero-order chi connectivity index (χ0) is 13.0. The fraction of sp³-hybridized carbons (Fsp3) is 0.400. The van der Waals surface area contributed by atoms with Crippen LogP contribution in [0.5, 0.6) is 0 Å². The summed E-state index contributed by atoms with van der Waals surface area (Å²) in [5, 5.41) is 3.54. The number of rotatable bonds is 5. The first-order valence-corrected chi connectivity index (χ1v) is 6.47. The van der Waals surface area contributed by atoms with Gasteiger partial charge in [-0.3, -0.25) is 0 Å². The molecule has 0 bridgehead atoms. The highest BCUT2D eigenvalue weighted by molar-refractivity contribution is 5.18. The van der Waals surface area contributed by atoms with Gasteiger partial charge in [0.1, 0.15) is 0 Å². The van der Waals surface area contributed by atoms with E-state index in [0.717, 1.165) is 6.54 Å². The smallest absolute Gasteiger partial charge is 0.0951 e. The third-order valence-corrected chi connectivity index (χ3v) is 3.19. The summed E-state index contributed by atoms with van der Waals surface area (Å²) < 4.78 is 2.20. The van der Waals surface area contributed by atoms with Crippen LogP contribution in [0.4, 0.5) is 0 Å². The average Bonchev–Trinajstić information content (AvgIpc) is 2.85. The van der Waals surface area contributed by atoms with Crippen LogP contribution in [0.3, 0.4) is 0 Å². The average molecular weight is 243 g/mol. The lowest BCUT2D eigenvalue weighted by Gasteiger charge is -2.16. The first kappa shape index (κ1) is 12.8. The molecule has 0 spiro atoms. The molecule has 1 atom stereocenters. The van der Waals surface area contributed by atoms with Crippen LogP contribution in [0.1, 0.15) is 44.1 Å². The Morgan fingerprint density at radius 3 is 2.56 bits per heavy atom. The fourth-order valence-corrected chi connectivity index (χ4v) is 2.05. The van der Waals surface area contributed by atoms with Crippen molar-refractivity contribution in [2.45, 2.75) is 39.4 Å². The van der Waals surface area contributed by atoms with Crippen LogP contribution >= 0.6 is 0 Å². The highest BCUT2D eigenvalue weighted by Gasteiger charge is 2.08. The molecule has 96 valence electrons. The van der Waals surface area contributed by atoms with E-state index in [4.69, 9.17) is 0 Å². The summed E-state index contributed by atoms with van der Waals surface area (Å²) in [5.41, 5.74) is 2.54. The molecule has 0 saturated carbocycles. The molecule has 0 aliphatic rings. The minimum absolute atomic E-state index is 0.349. The zero-order valence-electron chi connectivity index (χ0n) is 11.3.